The van der Waals surface area contributed by atoms with E-state index in [4.69, 9.17) is 19.7 Å². The molecule has 3 saturated carbocycles. The minimum atomic E-state index is -2.23. The Morgan fingerprint density at radius 1 is 1.00 bits per heavy atom. The van der Waals surface area contributed by atoms with Crippen LogP contribution in [0.15, 0.2) is 23.8 Å². The third-order valence-electron chi connectivity index (χ3n) is 10.2. The van der Waals surface area contributed by atoms with Gasteiger partial charge in [-0.3, -0.25) is 28.8 Å². The van der Waals surface area contributed by atoms with E-state index < -0.39 is 84.2 Å². The molecule has 4 aliphatic rings. The average molecular weight is 591 g/mol. The maximum Gasteiger partial charge on any atom is 0.309 e. The Morgan fingerprint density at radius 2 is 1.57 bits per heavy atom. The molecule has 0 aliphatic heterocycles. The summed E-state index contributed by atoms with van der Waals surface area (Å²) < 4.78 is 10.2. The molecule has 12 nitrogen and oxygen atoms in total. The Labute approximate surface area is 242 Å². The van der Waals surface area contributed by atoms with Gasteiger partial charge in [0, 0.05) is 16.7 Å². The van der Waals surface area contributed by atoms with Crippen LogP contribution in [0.1, 0.15) is 72.1 Å². The van der Waals surface area contributed by atoms with E-state index in [9.17, 15) is 39.0 Å². The number of allylic oxidation sites excluding steroid dienone is 4. The molecule has 230 valence electrons. The molecule has 8 atom stereocenters. The van der Waals surface area contributed by atoms with Crippen LogP contribution >= 0.6 is 0 Å². The molecule has 4 rings (SSSR count). The summed E-state index contributed by atoms with van der Waals surface area (Å²) in [6, 6.07) is 0. The number of ketones is 2. The van der Waals surface area contributed by atoms with Gasteiger partial charge in [-0.05, 0) is 55.6 Å². The van der Waals surface area contributed by atoms with Crippen LogP contribution in [0.4, 0.5) is 0 Å². The van der Waals surface area contributed by atoms with Gasteiger partial charge >= 0.3 is 30.2 Å². The molecule has 0 aromatic rings. The molecule has 0 heterocycles. The third kappa shape index (κ3) is 5.42. The Kier molecular flexibility index (Phi) is 8.54. The number of aliphatic carboxylic acids is 2. The van der Waals surface area contributed by atoms with Crippen molar-refractivity contribution in [2.75, 3.05) is 0 Å². The maximum absolute atomic E-state index is 14.0. The molecular weight excluding hydrogens is 552 g/mol. The van der Waals surface area contributed by atoms with Crippen LogP contribution in [0.5, 0.6) is 0 Å². The van der Waals surface area contributed by atoms with Crippen LogP contribution in [0.3, 0.4) is 0 Å². The Balaban J connectivity index is 1.63. The Bertz CT molecular complexity index is 1220. The number of hydrogen-bond donors (Lipinski definition) is 4. The summed E-state index contributed by atoms with van der Waals surface area (Å²) in [6.07, 6.45) is 0.259. The van der Waals surface area contributed by atoms with E-state index in [1.807, 2.05) is 19.9 Å². The standard InChI is InChI=1S/C30H38O12/c1-15-12-17-18-9-11-30(40,29(18,3)14-20(32)25(17)28(2)10-8-16(31)13-19(15)28)26(39)27(41-23(37)6-4-21(33)34)42-24(38)7-5-22(35)36/h8,10,13,15,17-18,20,25,27,32,40H,4-7,9,11-12,14H2,1-3H3,(H,33,34)(H,35,36)/t15-,17?,18?,20-,25?,28-,29-,30-/m0/s1. The zero-order valence-electron chi connectivity index (χ0n) is 23.9. The van der Waals surface area contributed by atoms with Gasteiger partial charge in [0.1, 0.15) is 5.60 Å². The van der Waals surface area contributed by atoms with Crippen LogP contribution in [0.25, 0.3) is 0 Å². The second kappa shape index (κ2) is 11.4. The number of aliphatic hydroxyl groups excluding tert-OH is 1. The summed E-state index contributed by atoms with van der Waals surface area (Å²) in [5, 5.41) is 41.4. The predicted molar refractivity (Wildman–Crippen MR) is 142 cm³/mol. The van der Waals surface area contributed by atoms with Crippen molar-refractivity contribution < 1.29 is 58.7 Å². The van der Waals surface area contributed by atoms with Crippen LogP contribution in [0, 0.1) is 34.5 Å². The van der Waals surface area contributed by atoms with Crippen molar-refractivity contribution in [3.05, 3.63) is 23.8 Å². The molecule has 0 spiro atoms. The first-order chi connectivity index (χ1) is 19.5. The lowest BCUT2D eigenvalue weighted by Gasteiger charge is -2.60. The van der Waals surface area contributed by atoms with Crippen LogP contribution < -0.4 is 0 Å². The molecule has 0 aromatic heterocycles. The fourth-order valence-corrected chi connectivity index (χ4v) is 8.26. The number of fused-ring (bicyclic) bond motifs is 5. The van der Waals surface area contributed by atoms with E-state index in [-0.39, 0.29) is 42.3 Å². The van der Waals surface area contributed by atoms with Gasteiger partial charge in [0.25, 0.3) is 0 Å². The van der Waals surface area contributed by atoms with E-state index in [2.05, 4.69) is 0 Å². The van der Waals surface area contributed by atoms with E-state index in [0.717, 1.165) is 5.57 Å². The number of hydrogen-bond acceptors (Lipinski definition) is 10. The highest BCUT2D eigenvalue weighted by Crippen LogP contribution is 2.68. The van der Waals surface area contributed by atoms with Gasteiger partial charge in [0.05, 0.1) is 31.8 Å². The summed E-state index contributed by atoms with van der Waals surface area (Å²) in [4.78, 5) is 72.7. The summed E-state index contributed by atoms with van der Waals surface area (Å²) in [6.45, 7) is 5.70. The van der Waals surface area contributed by atoms with Crippen molar-refractivity contribution in [3.8, 4) is 0 Å². The predicted octanol–water partition coefficient (Wildman–Crippen LogP) is 1.95. The zero-order chi connectivity index (χ0) is 31.2. The molecular formula is C30H38O12. The number of Topliss-reactive ketones (excluding diaryl/α,β-unsaturated/α-hetero) is 1. The molecule has 0 saturated heterocycles. The molecule has 0 radical (unpaired) electrons. The second-order valence-electron chi connectivity index (χ2n) is 12.6. The number of carboxylic acids is 2. The Morgan fingerprint density at radius 3 is 2.12 bits per heavy atom. The van der Waals surface area contributed by atoms with Gasteiger partial charge in [0.15, 0.2) is 5.78 Å². The monoisotopic (exact) mass is 590 g/mol. The maximum atomic E-state index is 14.0. The Hall–Kier alpha value is -3.38. The average Bonchev–Trinajstić information content (AvgIpc) is 3.17. The molecule has 3 unspecified atom stereocenters. The SMILES string of the molecule is C[C@H]1CC2C([C@@H](O)C[C@@]3(C)C2CC[C@]3(O)C(=O)C(OC(=O)CCC(=O)O)OC(=O)CCC(=O)O)[C@@]2(C)C=CC(=O)C=C12. The lowest BCUT2D eigenvalue weighted by molar-refractivity contribution is -0.212. The van der Waals surface area contributed by atoms with E-state index in [1.54, 1.807) is 13.0 Å². The van der Waals surface area contributed by atoms with Gasteiger partial charge in [-0.2, -0.15) is 0 Å². The van der Waals surface area contributed by atoms with Crippen molar-refractivity contribution in [3.63, 3.8) is 0 Å². The van der Waals surface area contributed by atoms with Crippen LogP contribution in [-0.2, 0) is 38.2 Å². The van der Waals surface area contributed by atoms with Crippen molar-refractivity contribution in [1.82, 2.24) is 0 Å². The number of rotatable bonds is 10. The van der Waals surface area contributed by atoms with Gasteiger partial charge in [0.2, 0.25) is 5.78 Å². The van der Waals surface area contributed by atoms with Crippen molar-refractivity contribution >= 4 is 35.4 Å². The molecule has 0 amide bonds. The van der Waals surface area contributed by atoms with Crippen molar-refractivity contribution in [1.29, 1.82) is 0 Å². The number of aliphatic hydroxyl groups is 2. The number of ether oxygens (including phenoxy) is 2. The van der Waals surface area contributed by atoms with Crippen molar-refractivity contribution in [2.45, 2.75) is 90.1 Å². The van der Waals surface area contributed by atoms with E-state index >= 15 is 0 Å². The summed E-state index contributed by atoms with van der Waals surface area (Å²) in [5.41, 5.74) is -3.05. The molecule has 12 heteroatoms. The summed E-state index contributed by atoms with van der Waals surface area (Å²) in [7, 11) is 0. The van der Waals surface area contributed by atoms with Gasteiger partial charge in [-0.1, -0.05) is 32.4 Å². The number of carbonyl (C=O) groups excluding carboxylic acids is 4. The quantitative estimate of drug-likeness (QED) is 0.213. The topological polar surface area (TPSA) is 202 Å². The number of carbonyl (C=O) groups is 6. The van der Waals surface area contributed by atoms with Gasteiger partial charge in [-0.15, -0.1) is 0 Å². The number of esters is 2. The van der Waals surface area contributed by atoms with Crippen LogP contribution in [0.2, 0.25) is 0 Å². The first kappa shape index (κ1) is 31.6. The van der Waals surface area contributed by atoms with E-state index in [0.29, 0.717) is 12.8 Å². The minimum Gasteiger partial charge on any atom is -0.481 e. The molecule has 0 bridgehead atoms. The summed E-state index contributed by atoms with van der Waals surface area (Å²) >= 11 is 0. The molecule has 4 aliphatic carbocycles. The highest BCUT2D eigenvalue weighted by Gasteiger charge is 2.70. The molecule has 42 heavy (non-hydrogen) atoms. The lowest BCUT2D eigenvalue weighted by atomic mass is 9.44. The zero-order valence-corrected chi connectivity index (χ0v) is 23.9. The van der Waals surface area contributed by atoms with Gasteiger partial charge < -0.3 is 29.9 Å². The smallest absolute Gasteiger partial charge is 0.309 e. The molecule has 4 N–H and O–H groups in total. The number of carboxylic acid groups (broad SMARTS) is 2. The van der Waals surface area contributed by atoms with Crippen LogP contribution in [-0.4, -0.2) is 73.9 Å². The summed E-state index contributed by atoms with van der Waals surface area (Å²) in [5.74, 6) is -6.79. The highest BCUT2D eigenvalue weighted by atomic mass is 16.7. The normalized spacial score (nSPS) is 36.8. The first-order valence-electron chi connectivity index (χ1n) is 14.3. The molecule has 3 fully saturated rings. The molecule has 0 aromatic carbocycles. The fourth-order valence-electron chi connectivity index (χ4n) is 8.26. The fraction of sp³-hybridized carbons (Fsp3) is 0.667. The second-order valence-corrected chi connectivity index (χ2v) is 12.6. The third-order valence-corrected chi connectivity index (χ3v) is 10.2. The highest BCUT2D eigenvalue weighted by molar-refractivity contribution is 6.01. The first-order valence-corrected chi connectivity index (χ1v) is 14.3. The van der Waals surface area contributed by atoms with E-state index in [1.165, 1.54) is 6.08 Å². The van der Waals surface area contributed by atoms with Gasteiger partial charge in [-0.25, -0.2) is 0 Å². The van der Waals surface area contributed by atoms with Crippen molar-refractivity contribution in [2.24, 2.45) is 34.5 Å². The lowest BCUT2D eigenvalue weighted by Crippen LogP contribution is -2.63. The minimum absolute atomic E-state index is 0.00206. The largest absolute Gasteiger partial charge is 0.481 e.